The topological polar surface area (TPSA) is 106 Å². The third-order valence-electron chi connectivity index (χ3n) is 6.98. The molecule has 1 aromatic carbocycles. The SMILES string of the molecule is CCc1cc(C)[nH]c(=O)c1CNC(=O)c1cc(Cl)c2c(c1C)OC(C)(C1CCC(N)CC1)O2. The number of carbonyl (C=O) groups is 1. The van der Waals surface area contributed by atoms with E-state index < -0.39 is 5.79 Å². The van der Waals surface area contributed by atoms with Gasteiger partial charge in [-0.05, 0) is 63.6 Å². The average Bonchev–Trinajstić information content (AvgIpc) is 3.15. The number of hydrogen-bond donors (Lipinski definition) is 3. The number of benzene rings is 1. The van der Waals surface area contributed by atoms with Crippen molar-refractivity contribution in [3.05, 3.63) is 55.5 Å². The normalized spacial score (nSPS) is 24.1. The van der Waals surface area contributed by atoms with Gasteiger partial charge in [-0.3, -0.25) is 9.59 Å². The van der Waals surface area contributed by atoms with Crippen LogP contribution in [0.1, 0.15) is 72.3 Å². The molecule has 2 heterocycles. The minimum atomic E-state index is -0.836. The lowest BCUT2D eigenvalue weighted by Gasteiger charge is -2.36. The molecule has 2 aromatic rings. The van der Waals surface area contributed by atoms with Gasteiger partial charge in [-0.1, -0.05) is 18.5 Å². The molecule has 8 heteroatoms. The number of nitrogens with one attached hydrogen (secondary N) is 2. The lowest BCUT2D eigenvalue weighted by Crippen LogP contribution is -2.46. The number of carbonyl (C=O) groups excluding carboxylic acids is 1. The van der Waals surface area contributed by atoms with Crippen molar-refractivity contribution in [2.24, 2.45) is 11.7 Å². The van der Waals surface area contributed by atoms with Crippen LogP contribution in [-0.4, -0.2) is 22.7 Å². The van der Waals surface area contributed by atoms with E-state index in [9.17, 15) is 9.59 Å². The Kier molecular flexibility index (Phi) is 6.47. The fourth-order valence-electron chi connectivity index (χ4n) is 4.95. The van der Waals surface area contributed by atoms with Crippen LogP contribution in [0.15, 0.2) is 16.9 Å². The van der Waals surface area contributed by atoms with Gasteiger partial charge in [0.25, 0.3) is 17.3 Å². The van der Waals surface area contributed by atoms with E-state index in [1.54, 1.807) is 6.07 Å². The number of aromatic amines is 1. The number of fused-ring (bicyclic) bond motifs is 1. The molecule has 1 aromatic heterocycles. The van der Waals surface area contributed by atoms with Gasteiger partial charge in [0.05, 0.1) is 5.02 Å². The summed E-state index contributed by atoms with van der Waals surface area (Å²) >= 11 is 6.53. The Morgan fingerprint density at radius 1 is 1.21 bits per heavy atom. The maximum Gasteiger partial charge on any atom is 0.253 e. The number of aryl methyl sites for hydroxylation is 2. The van der Waals surface area contributed by atoms with Crippen molar-refractivity contribution < 1.29 is 14.3 Å². The largest absolute Gasteiger partial charge is 0.448 e. The quantitative estimate of drug-likeness (QED) is 0.605. The predicted octanol–water partition coefficient (Wildman–Crippen LogP) is 4.14. The molecule has 1 amide bonds. The van der Waals surface area contributed by atoms with Crippen molar-refractivity contribution in [2.75, 3.05) is 0 Å². The van der Waals surface area contributed by atoms with Crippen LogP contribution in [0.4, 0.5) is 0 Å². The van der Waals surface area contributed by atoms with Gasteiger partial charge in [0, 0.05) is 47.8 Å². The van der Waals surface area contributed by atoms with E-state index in [-0.39, 0.29) is 30.0 Å². The Morgan fingerprint density at radius 2 is 1.88 bits per heavy atom. The minimum absolute atomic E-state index is 0.128. The van der Waals surface area contributed by atoms with Gasteiger partial charge in [-0.2, -0.15) is 0 Å². The Hall–Kier alpha value is -2.51. The minimum Gasteiger partial charge on any atom is -0.448 e. The number of halogens is 1. The molecule has 4 N–H and O–H groups in total. The molecule has 1 aliphatic carbocycles. The summed E-state index contributed by atoms with van der Waals surface area (Å²) in [4.78, 5) is 28.3. The third-order valence-corrected chi connectivity index (χ3v) is 7.26. The number of ether oxygens (including phenoxy) is 2. The molecule has 1 aliphatic heterocycles. The summed E-state index contributed by atoms with van der Waals surface area (Å²) in [5, 5.41) is 3.20. The van der Waals surface area contributed by atoms with Crippen molar-refractivity contribution in [2.45, 2.75) is 78.2 Å². The summed E-state index contributed by atoms with van der Waals surface area (Å²) in [5.74, 6) is 0.0222. The summed E-state index contributed by atoms with van der Waals surface area (Å²) in [6.45, 7) is 7.71. The Balaban J connectivity index is 1.55. The third kappa shape index (κ3) is 4.49. The number of hydrogen-bond acceptors (Lipinski definition) is 5. The Bertz CT molecular complexity index is 1140. The van der Waals surface area contributed by atoms with Crippen molar-refractivity contribution in [1.82, 2.24) is 10.3 Å². The summed E-state index contributed by atoms with van der Waals surface area (Å²) < 4.78 is 12.6. The van der Waals surface area contributed by atoms with Crippen LogP contribution in [-0.2, 0) is 13.0 Å². The van der Waals surface area contributed by atoms with Crippen LogP contribution in [0.5, 0.6) is 11.5 Å². The van der Waals surface area contributed by atoms with E-state index in [1.807, 2.05) is 33.8 Å². The Labute approximate surface area is 199 Å². The molecule has 1 saturated carbocycles. The molecule has 1 atom stereocenters. The smallest absolute Gasteiger partial charge is 0.253 e. The maximum absolute atomic E-state index is 13.1. The first-order valence-corrected chi connectivity index (χ1v) is 12.0. The van der Waals surface area contributed by atoms with Crippen molar-refractivity contribution >= 4 is 17.5 Å². The first-order chi connectivity index (χ1) is 15.6. The second-order valence-corrected chi connectivity index (χ2v) is 9.75. The van der Waals surface area contributed by atoms with Crippen LogP contribution < -0.4 is 26.1 Å². The molecule has 33 heavy (non-hydrogen) atoms. The number of H-pyrrole nitrogens is 1. The first kappa shape index (κ1) is 23.6. The molecular weight excluding hydrogens is 442 g/mol. The van der Waals surface area contributed by atoms with E-state index in [4.69, 9.17) is 26.8 Å². The average molecular weight is 474 g/mol. The van der Waals surface area contributed by atoms with Crippen LogP contribution in [0.25, 0.3) is 0 Å². The lowest BCUT2D eigenvalue weighted by atomic mass is 9.81. The summed E-state index contributed by atoms with van der Waals surface area (Å²) in [7, 11) is 0. The number of pyridine rings is 1. The highest BCUT2D eigenvalue weighted by Gasteiger charge is 2.47. The van der Waals surface area contributed by atoms with Gasteiger partial charge in [-0.25, -0.2) is 0 Å². The number of nitrogens with two attached hydrogens (primary N) is 1. The van der Waals surface area contributed by atoms with Gasteiger partial charge in [-0.15, -0.1) is 0 Å². The fraction of sp³-hybridized carbons (Fsp3) is 0.520. The van der Waals surface area contributed by atoms with Gasteiger partial charge < -0.3 is 25.5 Å². The van der Waals surface area contributed by atoms with Gasteiger partial charge >= 0.3 is 0 Å². The number of amides is 1. The maximum atomic E-state index is 13.1. The molecular formula is C25H32ClN3O4. The molecule has 7 nitrogen and oxygen atoms in total. The molecule has 2 aliphatic rings. The van der Waals surface area contributed by atoms with Gasteiger partial charge in [0.2, 0.25) is 0 Å². The molecule has 0 radical (unpaired) electrons. The second-order valence-electron chi connectivity index (χ2n) is 9.34. The lowest BCUT2D eigenvalue weighted by molar-refractivity contribution is -0.120. The Morgan fingerprint density at radius 3 is 2.55 bits per heavy atom. The van der Waals surface area contributed by atoms with Gasteiger partial charge in [0.15, 0.2) is 11.5 Å². The van der Waals surface area contributed by atoms with E-state index in [0.717, 1.165) is 36.9 Å². The van der Waals surface area contributed by atoms with Crippen LogP contribution in [0, 0.1) is 19.8 Å². The molecule has 178 valence electrons. The summed E-state index contributed by atoms with van der Waals surface area (Å²) in [6.07, 6.45) is 4.40. The highest BCUT2D eigenvalue weighted by molar-refractivity contribution is 6.33. The molecule has 0 bridgehead atoms. The van der Waals surface area contributed by atoms with E-state index >= 15 is 0 Å². The van der Waals surface area contributed by atoms with E-state index in [2.05, 4.69) is 10.3 Å². The van der Waals surface area contributed by atoms with Crippen LogP contribution in [0.2, 0.25) is 5.02 Å². The second kappa shape index (κ2) is 9.03. The molecule has 0 spiro atoms. The van der Waals surface area contributed by atoms with Crippen LogP contribution in [0.3, 0.4) is 0 Å². The molecule has 4 rings (SSSR count). The monoisotopic (exact) mass is 473 g/mol. The zero-order valence-electron chi connectivity index (χ0n) is 19.6. The van der Waals surface area contributed by atoms with Crippen LogP contribution >= 0.6 is 11.6 Å². The highest BCUT2D eigenvalue weighted by atomic mass is 35.5. The number of aromatic nitrogens is 1. The predicted molar refractivity (Wildman–Crippen MR) is 128 cm³/mol. The van der Waals surface area contributed by atoms with Crippen molar-refractivity contribution in [3.63, 3.8) is 0 Å². The van der Waals surface area contributed by atoms with Gasteiger partial charge in [0.1, 0.15) is 0 Å². The summed E-state index contributed by atoms with van der Waals surface area (Å²) in [6, 6.07) is 3.77. The standard InChI is InChI=1S/C25H32ClN3O4/c1-5-15-10-13(2)29-24(31)19(15)12-28-23(30)18-11-20(26)22-21(14(18)3)32-25(4,33-22)16-6-8-17(27)9-7-16/h10-11,16-17H,5-9,12,27H2,1-4H3,(H,28,30)(H,29,31). The van der Waals surface area contributed by atoms with Crippen molar-refractivity contribution in [1.29, 1.82) is 0 Å². The number of rotatable bonds is 5. The molecule has 0 saturated heterocycles. The van der Waals surface area contributed by atoms with E-state index in [1.165, 1.54) is 0 Å². The molecule has 1 unspecified atom stereocenters. The fourth-order valence-corrected chi connectivity index (χ4v) is 5.18. The van der Waals surface area contributed by atoms with E-state index in [0.29, 0.717) is 39.6 Å². The van der Waals surface area contributed by atoms with Crippen molar-refractivity contribution in [3.8, 4) is 11.5 Å². The summed E-state index contributed by atoms with van der Waals surface area (Å²) in [5.41, 5.74) is 9.22. The molecule has 1 fully saturated rings. The zero-order chi connectivity index (χ0) is 23.9. The highest BCUT2D eigenvalue weighted by Crippen LogP contribution is 2.51. The first-order valence-electron chi connectivity index (χ1n) is 11.6. The zero-order valence-corrected chi connectivity index (χ0v) is 20.4.